The van der Waals surface area contributed by atoms with Gasteiger partial charge in [-0.15, -0.1) is 0 Å². The number of H-pyrrole nitrogens is 1. The molecule has 0 aliphatic carbocycles. The first-order valence-corrected chi connectivity index (χ1v) is 10.9. The smallest absolute Gasteiger partial charge is 0.303 e. The average molecular weight is 480 g/mol. The van der Waals surface area contributed by atoms with Gasteiger partial charge in [-0.05, 0) is 12.1 Å². The number of aromatic nitrogens is 2. The minimum atomic E-state index is -1.22. The quantitative estimate of drug-likeness (QED) is 0.457. The van der Waals surface area contributed by atoms with E-state index in [4.69, 9.17) is 23.7 Å². The van der Waals surface area contributed by atoms with E-state index in [-0.39, 0.29) is 6.61 Å². The van der Waals surface area contributed by atoms with E-state index in [0.29, 0.717) is 10.7 Å². The molecule has 1 aromatic heterocycles. The molecule has 12 heteroatoms. The van der Waals surface area contributed by atoms with Gasteiger partial charge in [0.1, 0.15) is 12.7 Å². The molecule has 0 radical (unpaired) electrons. The van der Waals surface area contributed by atoms with Gasteiger partial charge in [0.15, 0.2) is 28.9 Å². The minimum Gasteiger partial charge on any atom is -0.463 e. The van der Waals surface area contributed by atoms with Crippen molar-refractivity contribution in [1.29, 1.82) is 0 Å². The summed E-state index contributed by atoms with van der Waals surface area (Å²) in [5.41, 5.74) is 0.558. The molecule has 5 atom stereocenters. The van der Waals surface area contributed by atoms with Crippen LogP contribution in [0.2, 0.25) is 0 Å². The molecular formula is C21H24N2O9S. The Morgan fingerprint density at radius 3 is 2.12 bits per heavy atom. The number of benzene rings is 1. The Hall–Kier alpha value is -3.12. The molecule has 1 saturated heterocycles. The van der Waals surface area contributed by atoms with Gasteiger partial charge in [0.25, 0.3) is 0 Å². The van der Waals surface area contributed by atoms with E-state index in [9.17, 15) is 19.2 Å². The number of esters is 4. The van der Waals surface area contributed by atoms with Gasteiger partial charge >= 0.3 is 23.9 Å². The van der Waals surface area contributed by atoms with Crippen LogP contribution in [0.3, 0.4) is 0 Å². The van der Waals surface area contributed by atoms with Gasteiger partial charge in [-0.1, -0.05) is 23.9 Å². The second kappa shape index (κ2) is 10.7. The van der Waals surface area contributed by atoms with E-state index in [0.717, 1.165) is 17.3 Å². The molecule has 1 N–H and O–H groups in total. The fourth-order valence-corrected chi connectivity index (χ4v) is 4.46. The van der Waals surface area contributed by atoms with Crippen molar-refractivity contribution < 1.29 is 42.9 Å². The van der Waals surface area contributed by atoms with E-state index in [2.05, 4.69) is 9.97 Å². The molecule has 1 aliphatic heterocycles. The molecule has 178 valence electrons. The number of imidazole rings is 1. The van der Waals surface area contributed by atoms with Crippen LogP contribution in [0.25, 0.3) is 11.0 Å². The van der Waals surface area contributed by atoms with Crippen LogP contribution in [0.15, 0.2) is 29.4 Å². The lowest BCUT2D eigenvalue weighted by Gasteiger charge is -2.43. The zero-order chi connectivity index (χ0) is 24.1. The summed E-state index contributed by atoms with van der Waals surface area (Å²) in [7, 11) is 0. The average Bonchev–Trinajstić information content (AvgIpc) is 3.12. The summed E-state index contributed by atoms with van der Waals surface area (Å²) >= 11 is 1.09. The van der Waals surface area contributed by atoms with Crippen molar-refractivity contribution in [2.75, 3.05) is 6.61 Å². The number of thioether (sulfide) groups is 1. The van der Waals surface area contributed by atoms with Crippen molar-refractivity contribution in [2.24, 2.45) is 0 Å². The lowest BCUT2D eigenvalue weighted by Crippen LogP contribution is -2.61. The number of rotatable bonds is 7. The van der Waals surface area contributed by atoms with Gasteiger partial charge in [-0.3, -0.25) is 19.2 Å². The Balaban J connectivity index is 1.98. The molecule has 0 spiro atoms. The zero-order valence-corrected chi connectivity index (χ0v) is 19.2. The molecule has 1 unspecified atom stereocenters. The van der Waals surface area contributed by atoms with Crippen LogP contribution in [0.4, 0.5) is 0 Å². The van der Waals surface area contributed by atoms with Crippen LogP contribution in [0.1, 0.15) is 27.7 Å². The highest BCUT2D eigenvalue weighted by Gasteiger charge is 2.52. The third kappa shape index (κ3) is 6.45. The predicted octanol–water partition coefficient (Wildman–Crippen LogP) is 1.74. The lowest BCUT2D eigenvalue weighted by molar-refractivity contribution is -0.237. The SMILES string of the molecule is CC(=O)OC[C@H]1OC(Sc2nc3ccccc3[nH]2)[C@H](OC(C)=O)[C@@H](OC(C)=O)[C@@H]1OC(C)=O. The van der Waals surface area contributed by atoms with Gasteiger partial charge < -0.3 is 28.7 Å². The van der Waals surface area contributed by atoms with Crippen LogP contribution in [0, 0.1) is 0 Å². The number of carbonyl (C=O) groups excluding carboxylic acids is 4. The topological polar surface area (TPSA) is 143 Å². The second-order valence-electron chi connectivity index (χ2n) is 7.24. The molecule has 2 aromatic rings. The molecule has 11 nitrogen and oxygen atoms in total. The van der Waals surface area contributed by atoms with Crippen molar-refractivity contribution in [2.45, 2.75) is 62.7 Å². The molecule has 33 heavy (non-hydrogen) atoms. The summed E-state index contributed by atoms with van der Waals surface area (Å²) in [6, 6.07) is 7.36. The van der Waals surface area contributed by atoms with Crippen LogP contribution in [-0.2, 0) is 42.9 Å². The molecular weight excluding hydrogens is 456 g/mol. The third-order valence-electron chi connectivity index (χ3n) is 4.54. The number of hydrogen-bond acceptors (Lipinski definition) is 11. The van der Waals surface area contributed by atoms with Gasteiger partial charge in [0, 0.05) is 27.7 Å². The first-order valence-electron chi connectivity index (χ1n) is 10.1. The molecule has 0 saturated carbocycles. The summed E-state index contributed by atoms with van der Waals surface area (Å²) in [4.78, 5) is 54.5. The number of ether oxygens (including phenoxy) is 5. The van der Waals surface area contributed by atoms with Crippen LogP contribution in [0.5, 0.6) is 0 Å². The third-order valence-corrected chi connectivity index (χ3v) is 5.57. The van der Waals surface area contributed by atoms with Crippen molar-refractivity contribution >= 4 is 46.7 Å². The summed E-state index contributed by atoms with van der Waals surface area (Å²) < 4.78 is 27.4. The molecule has 1 aliphatic rings. The number of nitrogens with one attached hydrogen (secondary N) is 1. The second-order valence-corrected chi connectivity index (χ2v) is 8.33. The summed E-state index contributed by atoms with van der Waals surface area (Å²) in [6.45, 7) is 4.47. The van der Waals surface area contributed by atoms with E-state index in [1.807, 2.05) is 24.3 Å². The van der Waals surface area contributed by atoms with Crippen LogP contribution < -0.4 is 0 Å². The largest absolute Gasteiger partial charge is 0.463 e. The fourth-order valence-electron chi connectivity index (χ4n) is 3.38. The first kappa shape index (κ1) is 24.5. The Kier molecular flexibility index (Phi) is 7.92. The minimum absolute atomic E-state index is 0.283. The summed E-state index contributed by atoms with van der Waals surface area (Å²) in [5.74, 6) is -2.60. The highest BCUT2D eigenvalue weighted by Crippen LogP contribution is 2.37. The molecule has 1 fully saturated rings. The van der Waals surface area contributed by atoms with E-state index < -0.39 is 53.7 Å². The van der Waals surface area contributed by atoms with E-state index in [1.165, 1.54) is 27.7 Å². The number of para-hydroxylation sites is 2. The number of carbonyl (C=O) groups is 4. The van der Waals surface area contributed by atoms with E-state index >= 15 is 0 Å². The summed E-state index contributed by atoms with van der Waals surface area (Å²) in [6.07, 6.45) is -4.56. The van der Waals surface area contributed by atoms with Crippen LogP contribution in [-0.4, -0.2) is 70.3 Å². The van der Waals surface area contributed by atoms with Gasteiger partial charge in [-0.2, -0.15) is 0 Å². The molecule has 1 aromatic carbocycles. The van der Waals surface area contributed by atoms with Crippen molar-refractivity contribution in [3.63, 3.8) is 0 Å². The Morgan fingerprint density at radius 1 is 0.909 bits per heavy atom. The van der Waals surface area contributed by atoms with Crippen molar-refractivity contribution in [1.82, 2.24) is 9.97 Å². The molecule has 2 heterocycles. The van der Waals surface area contributed by atoms with Gasteiger partial charge in [-0.25, -0.2) is 4.98 Å². The monoisotopic (exact) mass is 480 g/mol. The highest BCUT2D eigenvalue weighted by atomic mass is 32.2. The zero-order valence-electron chi connectivity index (χ0n) is 18.4. The standard InChI is InChI=1S/C21H24N2O9S/c1-10(24)28-9-16-17(29-11(2)25)18(30-12(3)26)19(31-13(4)27)20(32-16)33-21-22-14-7-5-6-8-15(14)23-21/h5-8,16-20H,9H2,1-4H3,(H,22,23)/t16-,17-,18+,19-,20?/m1/s1. The number of fused-ring (bicyclic) bond motifs is 1. The maximum absolute atomic E-state index is 11.9. The maximum Gasteiger partial charge on any atom is 0.303 e. The predicted molar refractivity (Wildman–Crippen MR) is 114 cm³/mol. The lowest BCUT2D eigenvalue weighted by atomic mass is 9.99. The van der Waals surface area contributed by atoms with Gasteiger partial charge in [0.05, 0.1) is 11.0 Å². The van der Waals surface area contributed by atoms with Crippen molar-refractivity contribution in [3.05, 3.63) is 24.3 Å². The number of hydrogen-bond donors (Lipinski definition) is 1. The Bertz CT molecular complexity index is 1010. The first-order chi connectivity index (χ1) is 15.6. The summed E-state index contributed by atoms with van der Waals surface area (Å²) in [5, 5.41) is 0.456. The highest BCUT2D eigenvalue weighted by molar-refractivity contribution is 7.99. The molecule has 0 amide bonds. The Labute approximate surface area is 193 Å². The number of aromatic amines is 1. The van der Waals surface area contributed by atoms with E-state index in [1.54, 1.807) is 0 Å². The van der Waals surface area contributed by atoms with Gasteiger partial charge in [0.2, 0.25) is 0 Å². The molecule has 0 bridgehead atoms. The molecule has 3 rings (SSSR count). The fraction of sp³-hybridized carbons (Fsp3) is 0.476. The van der Waals surface area contributed by atoms with Crippen LogP contribution >= 0.6 is 11.8 Å². The van der Waals surface area contributed by atoms with Crippen molar-refractivity contribution in [3.8, 4) is 0 Å². The number of nitrogens with zero attached hydrogens (tertiary/aromatic N) is 1. The Morgan fingerprint density at radius 2 is 1.52 bits per heavy atom. The normalized spacial score (nSPS) is 24.7. The maximum atomic E-state index is 11.9.